The molecule has 0 saturated carbocycles. The third-order valence-electron chi connectivity index (χ3n) is 3.04. The summed E-state index contributed by atoms with van der Waals surface area (Å²) in [6, 6.07) is 6.72. The highest BCUT2D eigenvalue weighted by Crippen LogP contribution is 2.09. The van der Waals surface area contributed by atoms with Crippen molar-refractivity contribution in [3.05, 3.63) is 29.8 Å². The number of benzene rings is 1. The fourth-order valence-electron chi connectivity index (χ4n) is 1.68. The van der Waals surface area contributed by atoms with Gasteiger partial charge in [0.15, 0.2) is 5.96 Å². The van der Waals surface area contributed by atoms with E-state index in [1.807, 2.05) is 6.92 Å². The summed E-state index contributed by atoms with van der Waals surface area (Å²) in [6.45, 7) is 7.47. The van der Waals surface area contributed by atoms with Gasteiger partial charge in [0.25, 0.3) is 0 Å². The lowest BCUT2D eigenvalue weighted by Crippen LogP contribution is -2.38. The molecule has 1 aromatic rings. The first kappa shape index (κ1) is 18.4. The van der Waals surface area contributed by atoms with Crippen LogP contribution in [0.2, 0.25) is 0 Å². The van der Waals surface area contributed by atoms with Crippen molar-refractivity contribution in [2.45, 2.75) is 32.1 Å². The first-order chi connectivity index (χ1) is 10.3. The minimum absolute atomic E-state index is 0.247. The number of rotatable bonds is 8. The van der Waals surface area contributed by atoms with Crippen LogP contribution in [0.25, 0.3) is 0 Å². The Morgan fingerprint density at radius 3 is 2.45 bits per heavy atom. The van der Waals surface area contributed by atoms with E-state index in [0.29, 0.717) is 25.0 Å². The lowest BCUT2D eigenvalue weighted by atomic mass is 10.1. The molecule has 0 atom stereocenters. The van der Waals surface area contributed by atoms with E-state index in [1.165, 1.54) is 0 Å². The minimum atomic E-state index is -3.47. The molecule has 0 spiro atoms. The van der Waals surface area contributed by atoms with Gasteiger partial charge in [-0.1, -0.05) is 31.5 Å². The van der Waals surface area contributed by atoms with E-state index in [0.717, 1.165) is 12.0 Å². The second kappa shape index (κ2) is 8.75. The summed E-state index contributed by atoms with van der Waals surface area (Å²) in [5.41, 5.74) is 6.72. The fraction of sp³-hybridized carbons (Fsp3) is 0.533. The molecule has 0 fully saturated rings. The Morgan fingerprint density at radius 1 is 1.23 bits per heavy atom. The normalized spacial score (nSPS) is 12.6. The van der Waals surface area contributed by atoms with Gasteiger partial charge in [0.1, 0.15) is 0 Å². The molecule has 1 rings (SSSR count). The van der Waals surface area contributed by atoms with Crippen molar-refractivity contribution in [3.63, 3.8) is 0 Å². The van der Waals surface area contributed by atoms with Crippen LogP contribution in [-0.4, -0.2) is 34.0 Å². The third kappa shape index (κ3) is 6.91. The topological polar surface area (TPSA) is 96.6 Å². The van der Waals surface area contributed by atoms with Gasteiger partial charge in [0, 0.05) is 19.6 Å². The zero-order valence-corrected chi connectivity index (χ0v) is 14.3. The Labute approximate surface area is 133 Å². The summed E-state index contributed by atoms with van der Waals surface area (Å²) < 4.78 is 26.6. The van der Waals surface area contributed by atoms with E-state index in [4.69, 9.17) is 5.73 Å². The molecule has 7 heteroatoms. The van der Waals surface area contributed by atoms with E-state index in [2.05, 4.69) is 28.9 Å². The molecular weight excluding hydrogens is 300 g/mol. The van der Waals surface area contributed by atoms with Gasteiger partial charge in [0.05, 0.1) is 4.90 Å². The van der Waals surface area contributed by atoms with Crippen molar-refractivity contribution < 1.29 is 8.42 Å². The van der Waals surface area contributed by atoms with E-state index >= 15 is 0 Å². The van der Waals surface area contributed by atoms with Gasteiger partial charge < -0.3 is 11.1 Å². The maximum absolute atomic E-state index is 12.0. The van der Waals surface area contributed by atoms with Crippen LogP contribution in [-0.2, 0) is 10.0 Å². The molecule has 0 aliphatic rings. The van der Waals surface area contributed by atoms with Gasteiger partial charge >= 0.3 is 0 Å². The summed E-state index contributed by atoms with van der Waals surface area (Å²) in [5, 5.41) is 2.89. The van der Waals surface area contributed by atoms with Gasteiger partial charge in [-0.05, 0) is 31.4 Å². The standard InChI is InChI=1S/C15H26N4O2S/c1-12(2)8-9-17-15(16)18-10-11-19-22(20,21)14-6-4-13(3)5-7-14/h4-7,12,19H,8-11H2,1-3H3,(H3,16,17,18). The van der Waals surface area contributed by atoms with Crippen LogP contribution < -0.4 is 15.8 Å². The van der Waals surface area contributed by atoms with Crippen LogP contribution >= 0.6 is 0 Å². The molecule has 4 N–H and O–H groups in total. The largest absolute Gasteiger partial charge is 0.370 e. The van der Waals surface area contributed by atoms with Crippen molar-refractivity contribution in [2.24, 2.45) is 16.6 Å². The quantitative estimate of drug-likeness (QED) is 0.380. The van der Waals surface area contributed by atoms with Gasteiger partial charge in [-0.3, -0.25) is 4.99 Å². The Hall–Kier alpha value is -1.60. The molecule has 124 valence electrons. The molecule has 0 amide bonds. The highest BCUT2D eigenvalue weighted by Gasteiger charge is 2.12. The third-order valence-corrected chi connectivity index (χ3v) is 4.52. The number of aryl methyl sites for hydroxylation is 1. The first-order valence-corrected chi connectivity index (χ1v) is 8.89. The predicted octanol–water partition coefficient (Wildman–Crippen LogP) is 1.22. The molecule has 0 aliphatic heterocycles. The SMILES string of the molecule is Cc1ccc(S(=O)(=O)NCCNC(N)=NCCC(C)C)cc1. The summed E-state index contributed by atoms with van der Waals surface area (Å²) >= 11 is 0. The van der Waals surface area contributed by atoms with Crippen molar-refractivity contribution in [3.8, 4) is 0 Å². The summed E-state index contributed by atoms with van der Waals surface area (Å²) in [6.07, 6.45) is 0.975. The maximum atomic E-state index is 12.0. The number of sulfonamides is 1. The van der Waals surface area contributed by atoms with Gasteiger partial charge in [-0.2, -0.15) is 0 Å². The molecule has 22 heavy (non-hydrogen) atoms. The number of hydrogen-bond donors (Lipinski definition) is 3. The molecule has 1 aromatic carbocycles. The molecule has 0 aliphatic carbocycles. The maximum Gasteiger partial charge on any atom is 0.240 e. The molecule has 0 bridgehead atoms. The molecule has 0 aromatic heterocycles. The van der Waals surface area contributed by atoms with E-state index in [-0.39, 0.29) is 11.4 Å². The van der Waals surface area contributed by atoms with Gasteiger partial charge in [0.2, 0.25) is 10.0 Å². The Bertz CT molecular complexity index is 580. The van der Waals surface area contributed by atoms with Gasteiger partial charge in [-0.15, -0.1) is 0 Å². The highest BCUT2D eigenvalue weighted by molar-refractivity contribution is 7.89. The first-order valence-electron chi connectivity index (χ1n) is 7.41. The molecular formula is C15H26N4O2S. The number of guanidine groups is 1. The van der Waals surface area contributed by atoms with Crippen LogP contribution in [0.5, 0.6) is 0 Å². The zero-order valence-electron chi connectivity index (χ0n) is 13.5. The van der Waals surface area contributed by atoms with E-state index in [1.54, 1.807) is 24.3 Å². The van der Waals surface area contributed by atoms with Crippen LogP contribution in [0.15, 0.2) is 34.2 Å². The highest BCUT2D eigenvalue weighted by atomic mass is 32.2. The summed E-state index contributed by atoms with van der Waals surface area (Å²) in [7, 11) is -3.47. The summed E-state index contributed by atoms with van der Waals surface area (Å²) in [4.78, 5) is 4.43. The van der Waals surface area contributed by atoms with Crippen molar-refractivity contribution >= 4 is 16.0 Å². The van der Waals surface area contributed by atoms with Crippen LogP contribution in [0.4, 0.5) is 0 Å². The van der Waals surface area contributed by atoms with Crippen LogP contribution in [0, 0.1) is 12.8 Å². The zero-order chi connectivity index (χ0) is 16.6. The van der Waals surface area contributed by atoms with Crippen molar-refractivity contribution in [1.29, 1.82) is 0 Å². The lowest BCUT2D eigenvalue weighted by Gasteiger charge is -2.09. The van der Waals surface area contributed by atoms with Crippen LogP contribution in [0.1, 0.15) is 25.8 Å². The number of nitrogens with two attached hydrogens (primary N) is 1. The lowest BCUT2D eigenvalue weighted by molar-refractivity contribution is 0.580. The molecule has 6 nitrogen and oxygen atoms in total. The average Bonchev–Trinajstić information content (AvgIpc) is 2.44. The second-order valence-electron chi connectivity index (χ2n) is 5.59. The monoisotopic (exact) mass is 326 g/mol. The molecule has 0 unspecified atom stereocenters. The Morgan fingerprint density at radius 2 is 1.86 bits per heavy atom. The van der Waals surface area contributed by atoms with Crippen LogP contribution in [0.3, 0.4) is 0 Å². The van der Waals surface area contributed by atoms with Crippen molar-refractivity contribution in [2.75, 3.05) is 19.6 Å². The second-order valence-corrected chi connectivity index (χ2v) is 7.35. The Balaban J connectivity index is 2.36. The molecule has 0 heterocycles. The molecule has 0 radical (unpaired) electrons. The average molecular weight is 326 g/mol. The number of nitrogens with zero attached hydrogens (tertiary/aromatic N) is 1. The smallest absolute Gasteiger partial charge is 0.240 e. The number of aliphatic imine (C=N–C) groups is 1. The number of nitrogens with one attached hydrogen (secondary N) is 2. The van der Waals surface area contributed by atoms with Gasteiger partial charge in [-0.25, -0.2) is 13.1 Å². The molecule has 0 saturated heterocycles. The number of hydrogen-bond acceptors (Lipinski definition) is 3. The van der Waals surface area contributed by atoms with Crippen molar-refractivity contribution in [1.82, 2.24) is 10.0 Å². The predicted molar refractivity (Wildman–Crippen MR) is 90.3 cm³/mol. The fourth-order valence-corrected chi connectivity index (χ4v) is 2.71. The van der Waals surface area contributed by atoms with E-state index < -0.39 is 10.0 Å². The minimum Gasteiger partial charge on any atom is -0.370 e. The summed E-state index contributed by atoms with van der Waals surface area (Å²) in [5.74, 6) is 0.924. The Kier molecular flexibility index (Phi) is 7.34. The van der Waals surface area contributed by atoms with E-state index in [9.17, 15) is 8.42 Å².